The molecule has 4 nitrogen and oxygen atoms in total. The summed E-state index contributed by atoms with van der Waals surface area (Å²) in [6, 6.07) is 7.08. The van der Waals surface area contributed by atoms with E-state index in [1.54, 1.807) is 32.0 Å². The highest BCUT2D eigenvalue weighted by molar-refractivity contribution is 5.94. The minimum absolute atomic E-state index is 0.108. The second-order valence-electron chi connectivity index (χ2n) is 5.20. The van der Waals surface area contributed by atoms with E-state index in [1.165, 1.54) is 0 Å². The molecule has 2 N–H and O–H groups in total. The number of carbonyl (C=O) groups excluding carboxylic acids is 1. The SMILES string of the molecule is CN(C)CCNC(=O)c1cccc(C(C)(C)O)c1. The molecule has 0 saturated carbocycles. The number of nitrogens with one attached hydrogen (secondary N) is 1. The summed E-state index contributed by atoms with van der Waals surface area (Å²) >= 11 is 0. The number of likely N-dealkylation sites (N-methyl/N-ethyl adjacent to an activating group) is 1. The van der Waals surface area contributed by atoms with Gasteiger partial charge in [0.25, 0.3) is 5.91 Å². The van der Waals surface area contributed by atoms with Gasteiger partial charge in [-0.05, 0) is 45.6 Å². The molecule has 0 aliphatic carbocycles. The molecule has 100 valence electrons. The molecule has 1 aromatic rings. The molecule has 0 spiro atoms. The van der Waals surface area contributed by atoms with Crippen LogP contribution in [0.3, 0.4) is 0 Å². The number of carbonyl (C=O) groups is 1. The lowest BCUT2D eigenvalue weighted by Gasteiger charge is -2.18. The second kappa shape index (κ2) is 5.98. The van der Waals surface area contributed by atoms with E-state index >= 15 is 0 Å². The Balaban J connectivity index is 2.69. The summed E-state index contributed by atoms with van der Waals surface area (Å²) in [5.74, 6) is -0.108. The molecule has 0 aliphatic rings. The summed E-state index contributed by atoms with van der Waals surface area (Å²) < 4.78 is 0. The van der Waals surface area contributed by atoms with Gasteiger partial charge in [0.05, 0.1) is 5.60 Å². The van der Waals surface area contributed by atoms with Crippen LogP contribution in [0, 0.1) is 0 Å². The quantitative estimate of drug-likeness (QED) is 0.826. The molecule has 0 aromatic heterocycles. The molecule has 0 unspecified atom stereocenters. The number of hydrogen-bond acceptors (Lipinski definition) is 3. The molecule has 1 rings (SSSR count). The third kappa shape index (κ3) is 4.47. The number of nitrogens with zero attached hydrogens (tertiary/aromatic N) is 1. The lowest BCUT2D eigenvalue weighted by molar-refractivity contribution is 0.0784. The van der Waals surface area contributed by atoms with Gasteiger partial charge in [-0.25, -0.2) is 0 Å². The zero-order valence-corrected chi connectivity index (χ0v) is 11.5. The predicted molar refractivity (Wildman–Crippen MR) is 72.6 cm³/mol. The summed E-state index contributed by atoms with van der Waals surface area (Å²) in [6.07, 6.45) is 0. The van der Waals surface area contributed by atoms with Gasteiger partial charge in [0.2, 0.25) is 0 Å². The van der Waals surface area contributed by atoms with Gasteiger partial charge in [-0.3, -0.25) is 4.79 Å². The van der Waals surface area contributed by atoms with Crippen molar-refractivity contribution in [3.05, 3.63) is 35.4 Å². The maximum Gasteiger partial charge on any atom is 0.251 e. The molecule has 0 radical (unpaired) electrons. The van der Waals surface area contributed by atoms with E-state index in [1.807, 2.05) is 25.1 Å². The molecule has 0 saturated heterocycles. The minimum Gasteiger partial charge on any atom is -0.386 e. The van der Waals surface area contributed by atoms with E-state index in [4.69, 9.17) is 0 Å². The van der Waals surface area contributed by atoms with Gasteiger partial charge in [0, 0.05) is 18.7 Å². The van der Waals surface area contributed by atoms with Crippen LogP contribution in [0.5, 0.6) is 0 Å². The molecule has 0 fully saturated rings. The van der Waals surface area contributed by atoms with Crippen LogP contribution < -0.4 is 5.32 Å². The monoisotopic (exact) mass is 250 g/mol. The first-order valence-corrected chi connectivity index (χ1v) is 6.06. The smallest absolute Gasteiger partial charge is 0.251 e. The maximum absolute atomic E-state index is 11.9. The highest BCUT2D eigenvalue weighted by Crippen LogP contribution is 2.20. The lowest BCUT2D eigenvalue weighted by atomic mass is 9.96. The normalized spacial score (nSPS) is 11.7. The van der Waals surface area contributed by atoms with E-state index < -0.39 is 5.60 Å². The Morgan fingerprint density at radius 1 is 1.39 bits per heavy atom. The molecule has 0 atom stereocenters. The highest BCUT2D eigenvalue weighted by atomic mass is 16.3. The van der Waals surface area contributed by atoms with Crippen molar-refractivity contribution >= 4 is 5.91 Å². The molecular weight excluding hydrogens is 228 g/mol. The average Bonchev–Trinajstić information content (AvgIpc) is 2.27. The van der Waals surface area contributed by atoms with Crippen molar-refractivity contribution < 1.29 is 9.90 Å². The van der Waals surface area contributed by atoms with Gasteiger partial charge in [-0.1, -0.05) is 12.1 Å². The van der Waals surface area contributed by atoms with Crippen molar-refractivity contribution in [3.63, 3.8) is 0 Å². The zero-order chi connectivity index (χ0) is 13.8. The predicted octanol–water partition coefficient (Wildman–Crippen LogP) is 1.21. The maximum atomic E-state index is 11.9. The Morgan fingerprint density at radius 3 is 2.61 bits per heavy atom. The van der Waals surface area contributed by atoms with Crippen LogP contribution in [-0.2, 0) is 5.60 Å². The van der Waals surface area contributed by atoms with Crippen molar-refractivity contribution in [2.24, 2.45) is 0 Å². The first-order valence-electron chi connectivity index (χ1n) is 6.06. The molecule has 0 bridgehead atoms. The summed E-state index contributed by atoms with van der Waals surface area (Å²) in [6.45, 7) is 4.82. The van der Waals surface area contributed by atoms with Crippen molar-refractivity contribution in [1.29, 1.82) is 0 Å². The minimum atomic E-state index is -0.931. The zero-order valence-electron chi connectivity index (χ0n) is 11.5. The number of rotatable bonds is 5. The van der Waals surface area contributed by atoms with E-state index in [9.17, 15) is 9.90 Å². The number of amides is 1. The first-order chi connectivity index (χ1) is 8.30. The van der Waals surface area contributed by atoms with Crippen molar-refractivity contribution in [3.8, 4) is 0 Å². The third-order valence-corrected chi connectivity index (χ3v) is 2.68. The van der Waals surface area contributed by atoms with Crippen LogP contribution in [0.2, 0.25) is 0 Å². The van der Waals surface area contributed by atoms with Gasteiger partial charge in [0.1, 0.15) is 0 Å². The average molecular weight is 250 g/mol. The Hall–Kier alpha value is -1.39. The topological polar surface area (TPSA) is 52.6 Å². The molecule has 1 amide bonds. The van der Waals surface area contributed by atoms with Crippen LogP contribution in [-0.4, -0.2) is 43.1 Å². The Morgan fingerprint density at radius 2 is 2.06 bits per heavy atom. The molecule has 4 heteroatoms. The van der Waals surface area contributed by atoms with Crippen LogP contribution in [0.15, 0.2) is 24.3 Å². The molecule has 18 heavy (non-hydrogen) atoms. The first kappa shape index (κ1) is 14.7. The summed E-state index contributed by atoms with van der Waals surface area (Å²) in [4.78, 5) is 13.9. The Kier molecular flexibility index (Phi) is 4.87. The van der Waals surface area contributed by atoms with Crippen molar-refractivity contribution in [1.82, 2.24) is 10.2 Å². The highest BCUT2D eigenvalue weighted by Gasteiger charge is 2.17. The lowest BCUT2D eigenvalue weighted by Crippen LogP contribution is -2.31. The van der Waals surface area contributed by atoms with E-state index in [-0.39, 0.29) is 5.91 Å². The fraction of sp³-hybridized carbons (Fsp3) is 0.500. The van der Waals surface area contributed by atoms with Crippen molar-refractivity contribution in [2.45, 2.75) is 19.4 Å². The van der Waals surface area contributed by atoms with Gasteiger partial charge in [-0.15, -0.1) is 0 Å². The summed E-state index contributed by atoms with van der Waals surface area (Å²) in [7, 11) is 3.92. The summed E-state index contributed by atoms with van der Waals surface area (Å²) in [5, 5.41) is 12.8. The Bertz CT molecular complexity index is 409. The molecule has 0 heterocycles. The molecule has 1 aromatic carbocycles. The second-order valence-corrected chi connectivity index (χ2v) is 5.20. The Labute approximate surface area is 109 Å². The molecular formula is C14H22N2O2. The standard InChI is InChI=1S/C14H22N2O2/c1-14(2,18)12-7-5-6-11(10-12)13(17)15-8-9-16(3)4/h5-7,10,18H,8-9H2,1-4H3,(H,15,17). The van der Waals surface area contributed by atoms with Crippen LogP contribution >= 0.6 is 0 Å². The van der Waals surface area contributed by atoms with Crippen LogP contribution in [0.25, 0.3) is 0 Å². The van der Waals surface area contributed by atoms with E-state index in [0.29, 0.717) is 12.1 Å². The third-order valence-electron chi connectivity index (χ3n) is 2.68. The number of benzene rings is 1. The van der Waals surface area contributed by atoms with Crippen LogP contribution in [0.1, 0.15) is 29.8 Å². The fourth-order valence-electron chi connectivity index (χ4n) is 1.54. The fourth-order valence-corrected chi connectivity index (χ4v) is 1.54. The number of aliphatic hydroxyl groups is 1. The van der Waals surface area contributed by atoms with Gasteiger partial charge in [0.15, 0.2) is 0 Å². The van der Waals surface area contributed by atoms with E-state index in [2.05, 4.69) is 5.32 Å². The summed E-state index contributed by atoms with van der Waals surface area (Å²) in [5.41, 5.74) is 0.385. The van der Waals surface area contributed by atoms with Gasteiger partial charge >= 0.3 is 0 Å². The number of hydrogen-bond donors (Lipinski definition) is 2. The van der Waals surface area contributed by atoms with E-state index in [0.717, 1.165) is 12.1 Å². The largest absolute Gasteiger partial charge is 0.386 e. The van der Waals surface area contributed by atoms with Crippen LogP contribution in [0.4, 0.5) is 0 Å². The molecule has 0 aliphatic heterocycles. The van der Waals surface area contributed by atoms with Crippen molar-refractivity contribution in [2.75, 3.05) is 27.2 Å². The van der Waals surface area contributed by atoms with Gasteiger partial charge in [-0.2, -0.15) is 0 Å². The van der Waals surface area contributed by atoms with Gasteiger partial charge < -0.3 is 15.3 Å².